The Labute approximate surface area is 76.2 Å². The van der Waals surface area contributed by atoms with Gasteiger partial charge in [-0.3, -0.25) is 0 Å². The SMILES string of the molecule is CCC(N)COC(=O)C=CC(=O)O. The first-order valence-corrected chi connectivity index (χ1v) is 3.89. The standard InChI is InChI=1S/C8H13NO4/c1-2-6(9)5-13-8(12)4-3-7(10)11/h3-4,6H,2,5,9H2,1H3,(H,10,11). The van der Waals surface area contributed by atoms with Gasteiger partial charge in [0.25, 0.3) is 0 Å². The molecule has 5 nitrogen and oxygen atoms in total. The third-order valence-electron chi connectivity index (χ3n) is 1.33. The van der Waals surface area contributed by atoms with Gasteiger partial charge in [-0.05, 0) is 6.42 Å². The van der Waals surface area contributed by atoms with E-state index in [0.29, 0.717) is 6.42 Å². The number of esters is 1. The molecule has 0 amide bonds. The number of carboxylic acid groups (broad SMARTS) is 1. The summed E-state index contributed by atoms with van der Waals surface area (Å²) in [5, 5.41) is 8.17. The van der Waals surface area contributed by atoms with E-state index in [9.17, 15) is 9.59 Å². The summed E-state index contributed by atoms with van der Waals surface area (Å²) in [6.45, 7) is 1.98. The molecule has 0 aliphatic carbocycles. The van der Waals surface area contributed by atoms with E-state index < -0.39 is 11.9 Å². The Morgan fingerprint density at radius 3 is 2.62 bits per heavy atom. The van der Waals surface area contributed by atoms with E-state index >= 15 is 0 Å². The molecule has 13 heavy (non-hydrogen) atoms. The third-order valence-corrected chi connectivity index (χ3v) is 1.33. The predicted octanol–water partition coefficient (Wildman–Crippen LogP) is -0.0923. The van der Waals surface area contributed by atoms with Crippen molar-refractivity contribution in [1.29, 1.82) is 0 Å². The molecule has 0 aromatic carbocycles. The summed E-state index contributed by atoms with van der Waals surface area (Å²) in [6, 6.07) is -0.192. The molecule has 0 aromatic heterocycles. The topological polar surface area (TPSA) is 89.6 Å². The lowest BCUT2D eigenvalue weighted by atomic mass is 10.3. The molecule has 0 saturated heterocycles. The maximum Gasteiger partial charge on any atom is 0.331 e. The Morgan fingerprint density at radius 1 is 1.54 bits per heavy atom. The van der Waals surface area contributed by atoms with E-state index in [2.05, 4.69) is 4.74 Å². The molecule has 0 bridgehead atoms. The number of carbonyl (C=O) groups is 2. The van der Waals surface area contributed by atoms with Crippen LogP contribution in [-0.4, -0.2) is 29.7 Å². The van der Waals surface area contributed by atoms with Crippen LogP contribution in [0, 0.1) is 0 Å². The molecule has 0 aliphatic heterocycles. The Hall–Kier alpha value is -1.36. The van der Waals surface area contributed by atoms with Crippen molar-refractivity contribution in [2.24, 2.45) is 5.73 Å². The monoisotopic (exact) mass is 187 g/mol. The molecule has 0 aromatic rings. The van der Waals surface area contributed by atoms with E-state index in [-0.39, 0.29) is 12.6 Å². The van der Waals surface area contributed by atoms with Crippen LogP contribution >= 0.6 is 0 Å². The summed E-state index contributed by atoms with van der Waals surface area (Å²) in [5.74, 6) is -1.87. The van der Waals surface area contributed by atoms with Gasteiger partial charge in [-0.2, -0.15) is 0 Å². The average Bonchev–Trinajstić information content (AvgIpc) is 2.10. The zero-order chi connectivity index (χ0) is 10.3. The Morgan fingerprint density at radius 2 is 2.15 bits per heavy atom. The molecule has 0 heterocycles. The normalized spacial score (nSPS) is 12.8. The number of hydrogen-bond donors (Lipinski definition) is 2. The number of carboxylic acids is 1. The highest BCUT2D eigenvalue weighted by atomic mass is 16.5. The summed E-state index contributed by atoms with van der Waals surface area (Å²) < 4.78 is 4.63. The van der Waals surface area contributed by atoms with Crippen molar-refractivity contribution in [3.8, 4) is 0 Å². The van der Waals surface area contributed by atoms with Crippen molar-refractivity contribution in [3.63, 3.8) is 0 Å². The van der Waals surface area contributed by atoms with Crippen molar-refractivity contribution in [2.75, 3.05) is 6.61 Å². The molecule has 1 atom stereocenters. The number of ether oxygens (including phenoxy) is 1. The van der Waals surface area contributed by atoms with E-state index in [0.717, 1.165) is 12.2 Å². The number of rotatable bonds is 5. The molecule has 0 radical (unpaired) electrons. The quantitative estimate of drug-likeness (QED) is 0.463. The van der Waals surface area contributed by atoms with Gasteiger partial charge in [0, 0.05) is 18.2 Å². The van der Waals surface area contributed by atoms with Crippen LogP contribution in [0.1, 0.15) is 13.3 Å². The van der Waals surface area contributed by atoms with E-state index in [4.69, 9.17) is 10.8 Å². The van der Waals surface area contributed by atoms with Crippen LogP contribution in [0.3, 0.4) is 0 Å². The lowest BCUT2D eigenvalue weighted by molar-refractivity contribution is -0.139. The molecular weight excluding hydrogens is 174 g/mol. The Balaban J connectivity index is 3.69. The number of nitrogens with two attached hydrogens (primary N) is 1. The van der Waals surface area contributed by atoms with Crippen molar-refractivity contribution < 1.29 is 19.4 Å². The molecule has 3 N–H and O–H groups in total. The first-order valence-electron chi connectivity index (χ1n) is 3.89. The van der Waals surface area contributed by atoms with Crippen LogP contribution in [0.4, 0.5) is 0 Å². The van der Waals surface area contributed by atoms with Crippen LogP contribution in [0.5, 0.6) is 0 Å². The smallest absolute Gasteiger partial charge is 0.331 e. The highest BCUT2D eigenvalue weighted by Gasteiger charge is 2.02. The van der Waals surface area contributed by atoms with Crippen LogP contribution < -0.4 is 5.73 Å². The lowest BCUT2D eigenvalue weighted by Gasteiger charge is -2.07. The fourth-order valence-electron chi connectivity index (χ4n) is 0.494. The Bertz CT molecular complexity index is 212. The molecular formula is C8H13NO4. The van der Waals surface area contributed by atoms with E-state index in [1.54, 1.807) is 0 Å². The highest BCUT2D eigenvalue weighted by Crippen LogP contribution is 1.89. The second-order valence-corrected chi connectivity index (χ2v) is 2.47. The van der Waals surface area contributed by atoms with Crippen LogP contribution in [0.25, 0.3) is 0 Å². The van der Waals surface area contributed by atoms with Crippen molar-refractivity contribution in [2.45, 2.75) is 19.4 Å². The zero-order valence-corrected chi connectivity index (χ0v) is 7.40. The van der Waals surface area contributed by atoms with Gasteiger partial charge in [-0.15, -0.1) is 0 Å². The summed E-state index contributed by atoms with van der Waals surface area (Å²) >= 11 is 0. The van der Waals surface area contributed by atoms with Gasteiger partial charge in [0.15, 0.2) is 0 Å². The van der Waals surface area contributed by atoms with Gasteiger partial charge in [0.2, 0.25) is 0 Å². The summed E-state index contributed by atoms with van der Waals surface area (Å²) in [4.78, 5) is 20.7. The fourth-order valence-corrected chi connectivity index (χ4v) is 0.494. The summed E-state index contributed by atoms with van der Waals surface area (Å²) in [7, 11) is 0. The van der Waals surface area contributed by atoms with Gasteiger partial charge in [-0.1, -0.05) is 6.92 Å². The fraction of sp³-hybridized carbons (Fsp3) is 0.500. The number of hydrogen-bond acceptors (Lipinski definition) is 4. The minimum absolute atomic E-state index is 0.110. The van der Waals surface area contributed by atoms with Crippen LogP contribution in [0.15, 0.2) is 12.2 Å². The molecule has 0 fully saturated rings. The average molecular weight is 187 g/mol. The Kier molecular flexibility index (Phi) is 5.54. The highest BCUT2D eigenvalue weighted by molar-refractivity contribution is 5.90. The van der Waals surface area contributed by atoms with Crippen molar-refractivity contribution in [3.05, 3.63) is 12.2 Å². The second kappa shape index (κ2) is 6.19. The van der Waals surface area contributed by atoms with Crippen LogP contribution in [0.2, 0.25) is 0 Å². The minimum atomic E-state index is -1.18. The van der Waals surface area contributed by atoms with Crippen molar-refractivity contribution in [1.82, 2.24) is 0 Å². The van der Waals surface area contributed by atoms with Gasteiger partial charge >= 0.3 is 11.9 Å². The molecule has 0 aliphatic rings. The largest absolute Gasteiger partial charge is 0.478 e. The summed E-state index contributed by atoms with van der Waals surface area (Å²) in [5.41, 5.74) is 5.46. The third kappa shape index (κ3) is 7.02. The maximum absolute atomic E-state index is 10.7. The van der Waals surface area contributed by atoms with Crippen LogP contribution in [-0.2, 0) is 14.3 Å². The number of carbonyl (C=O) groups excluding carboxylic acids is 1. The maximum atomic E-state index is 10.7. The van der Waals surface area contributed by atoms with Gasteiger partial charge in [0.05, 0.1) is 0 Å². The predicted molar refractivity (Wildman–Crippen MR) is 46.0 cm³/mol. The van der Waals surface area contributed by atoms with Gasteiger partial charge in [0.1, 0.15) is 6.61 Å². The zero-order valence-electron chi connectivity index (χ0n) is 7.40. The van der Waals surface area contributed by atoms with Crippen molar-refractivity contribution >= 4 is 11.9 Å². The first-order chi connectivity index (χ1) is 6.06. The molecule has 74 valence electrons. The summed E-state index contributed by atoms with van der Waals surface area (Å²) in [6.07, 6.45) is 2.28. The lowest BCUT2D eigenvalue weighted by Crippen LogP contribution is -2.26. The molecule has 0 spiro atoms. The minimum Gasteiger partial charge on any atom is -0.478 e. The molecule has 1 unspecified atom stereocenters. The first kappa shape index (κ1) is 11.6. The van der Waals surface area contributed by atoms with E-state index in [1.165, 1.54) is 0 Å². The van der Waals surface area contributed by atoms with E-state index in [1.807, 2.05) is 6.92 Å². The van der Waals surface area contributed by atoms with Gasteiger partial charge < -0.3 is 15.6 Å². The van der Waals surface area contributed by atoms with Gasteiger partial charge in [-0.25, -0.2) is 9.59 Å². The molecule has 0 saturated carbocycles. The second-order valence-electron chi connectivity index (χ2n) is 2.47. The molecule has 0 rings (SSSR count). The molecule has 5 heteroatoms. The number of aliphatic carboxylic acids is 1.